The highest BCUT2D eigenvalue weighted by Gasteiger charge is 2.77. The van der Waals surface area contributed by atoms with Crippen molar-refractivity contribution in [1.82, 2.24) is 4.90 Å². The molecule has 1 spiro atoms. The van der Waals surface area contributed by atoms with E-state index in [9.17, 15) is 19.5 Å². The predicted octanol–water partition coefficient (Wildman–Crippen LogP) is 2.94. The van der Waals surface area contributed by atoms with Gasteiger partial charge >= 0.3 is 5.97 Å². The zero-order valence-electron chi connectivity index (χ0n) is 19.6. The fourth-order valence-electron chi connectivity index (χ4n) is 5.81. The average molecular weight is 570 g/mol. The van der Waals surface area contributed by atoms with Crippen molar-refractivity contribution < 1.29 is 29.0 Å². The van der Waals surface area contributed by atoms with Crippen molar-refractivity contribution in [3.05, 3.63) is 41.9 Å². The van der Waals surface area contributed by atoms with Crippen molar-refractivity contribution in [2.24, 2.45) is 11.8 Å². The summed E-state index contributed by atoms with van der Waals surface area (Å²) >= 11 is 10.1. The van der Waals surface area contributed by atoms with E-state index in [1.165, 1.54) is 9.80 Å². The molecule has 6 atom stereocenters. The molecule has 1 aromatic carbocycles. The second kappa shape index (κ2) is 10.6. The molecule has 1 N–H and O–H groups in total. The quantitative estimate of drug-likeness (QED) is 0.201. The van der Waals surface area contributed by atoms with Crippen molar-refractivity contribution in [3.63, 3.8) is 0 Å². The number of likely N-dealkylation sites (tertiary alicyclic amines) is 1. The molecule has 3 aliphatic rings. The van der Waals surface area contributed by atoms with Gasteiger partial charge in [0.15, 0.2) is 0 Å². The molecule has 3 heterocycles. The first-order chi connectivity index (χ1) is 16.8. The first-order valence-corrected chi connectivity index (χ1v) is 13.2. The molecule has 1 unspecified atom stereocenters. The maximum absolute atomic E-state index is 14.3. The number of alkyl halides is 1. The minimum Gasteiger partial charge on any atom is -0.466 e. The highest BCUT2D eigenvalue weighted by Crippen LogP contribution is 2.60. The number of anilines is 1. The van der Waals surface area contributed by atoms with Crippen molar-refractivity contribution >= 4 is 51.0 Å². The molecule has 8 nitrogen and oxygen atoms in total. The Morgan fingerprint density at radius 1 is 1.40 bits per heavy atom. The van der Waals surface area contributed by atoms with Gasteiger partial charge < -0.3 is 24.4 Å². The lowest BCUT2D eigenvalue weighted by molar-refractivity contribution is -0.154. The van der Waals surface area contributed by atoms with E-state index in [0.717, 1.165) is 0 Å². The Morgan fingerprint density at radius 3 is 2.80 bits per heavy atom. The predicted molar refractivity (Wildman–Crippen MR) is 134 cm³/mol. The molecule has 2 amide bonds. The van der Waals surface area contributed by atoms with Gasteiger partial charge in [-0.1, -0.05) is 45.7 Å². The van der Waals surface area contributed by atoms with Gasteiger partial charge in [-0.3, -0.25) is 14.4 Å². The van der Waals surface area contributed by atoms with Gasteiger partial charge in [0.25, 0.3) is 5.91 Å². The molecule has 0 aliphatic carbocycles. The summed E-state index contributed by atoms with van der Waals surface area (Å²) in [6.45, 7) is 6.11. The number of esters is 1. The topological polar surface area (TPSA) is 96.4 Å². The number of hydrogen-bond donors (Lipinski definition) is 1. The third kappa shape index (κ3) is 4.30. The summed E-state index contributed by atoms with van der Waals surface area (Å²) in [5, 5.41) is 9.69. The lowest BCUT2D eigenvalue weighted by Gasteiger charge is -2.37. The number of para-hydroxylation sites is 1. The zero-order valence-corrected chi connectivity index (χ0v) is 21.9. The van der Waals surface area contributed by atoms with E-state index in [2.05, 4.69) is 22.5 Å². The second-order valence-corrected chi connectivity index (χ2v) is 10.7. The van der Waals surface area contributed by atoms with Gasteiger partial charge in [0.2, 0.25) is 5.91 Å². The van der Waals surface area contributed by atoms with Gasteiger partial charge in [-0.15, -0.1) is 6.58 Å². The Balaban J connectivity index is 1.79. The zero-order chi connectivity index (χ0) is 25.3. The van der Waals surface area contributed by atoms with Gasteiger partial charge in [0, 0.05) is 24.5 Å². The number of carbonyl (C=O) groups excluding carboxylic acids is 3. The molecule has 190 valence electrons. The normalized spacial score (nSPS) is 30.9. The Bertz CT molecular complexity index is 1010. The standard InChI is InChI=1S/C25H30BrClN2O6/c1-3-11-28(17-10-6-5-9-16(17)27)23(32)21-25-14-15(26)20(35-25)18(24(33)34-4-2)19(25)22(31)29(21)12-7-8-13-30/h3,5-6,9-10,15,18-21,30H,1,4,7-8,11-14H2,2H3/t15?,18-,19+,20-,21-,25+/m1/s1. The third-order valence-electron chi connectivity index (χ3n) is 7.11. The molecule has 3 fully saturated rings. The van der Waals surface area contributed by atoms with Gasteiger partial charge in [-0.25, -0.2) is 0 Å². The lowest BCUT2D eigenvalue weighted by atomic mass is 9.70. The van der Waals surface area contributed by atoms with Crippen LogP contribution in [0.2, 0.25) is 5.02 Å². The molecular weight excluding hydrogens is 540 g/mol. The van der Waals surface area contributed by atoms with E-state index in [4.69, 9.17) is 21.1 Å². The number of nitrogens with zero attached hydrogens (tertiary/aromatic N) is 2. The minimum atomic E-state index is -1.18. The monoisotopic (exact) mass is 568 g/mol. The van der Waals surface area contributed by atoms with E-state index in [0.29, 0.717) is 30.0 Å². The van der Waals surface area contributed by atoms with Gasteiger partial charge in [0.1, 0.15) is 11.6 Å². The van der Waals surface area contributed by atoms with E-state index >= 15 is 0 Å². The number of rotatable bonds is 10. The number of aliphatic hydroxyl groups is 1. The van der Waals surface area contributed by atoms with Crippen molar-refractivity contribution in [2.75, 3.05) is 31.2 Å². The summed E-state index contributed by atoms with van der Waals surface area (Å²) < 4.78 is 11.8. The number of halogens is 2. The molecule has 10 heteroatoms. The van der Waals surface area contributed by atoms with Crippen LogP contribution < -0.4 is 4.90 Å². The number of benzene rings is 1. The first kappa shape index (κ1) is 26.1. The second-order valence-electron chi connectivity index (χ2n) is 9.07. The molecule has 0 aromatic heterocycles. The average Bonchev–Trinajstić information content (AvgIpc) is 3.42. The maximum atomic E-state index is 14.3. The van der Waals surface area contributed by atoms with Gasteiger partial charge in [-0.05, 0) is 38.3 Å². The summed E-state index contributed by atoms with van der Waals surface area (Å²) in [5.74, 6) is -2.74. The maximum Gasteiger partial charge on any atom is 0.312 e. The fraction of sp³-hybridized carbons (Fsp3) is 0.560. The number of aliphatic hydroxyl groups excluding tert-OH is 1. The molecule has 3 saturated heterocycles. The van der Waals surface area contributed by atoms with Crippen LogP contribution in [0.4, 0.5) is 5.69 Å². The Labute approximate surface area is 218 Å². The molecule has 35 heavy (non-hydrogen) atoms. The van der Waals surface area contributed by atoms with E-state index < -0.39 is 35.6 Å². The van der Waals surface area contributed by atoms with Crippen LogP contribution in [-0.4, -0.2) is 76.7 Å². The summed E-state index contributed by atoms with van der Waals surface area (Å²) in [4.78, 5) is 43.9. The fourth-order valence-corrected chi connectivity index (χ4v) is 6.99. The van der Waals surface area contributed by atoms with Crippen LogP contribution >= 0.6 is 27.5 Å². The molecule has 2 bridgehead atoms. The number of unbranched alkanes of at least 4 members (excludes halogenated alkanes) is 1. The van der Waals surface area contributed by atoms with Crippen LogP contribution in [0.25, 0.3) is 0 Å². The highest BCUT2D eigenvalue weighted by atomic mass is 79.9. The molecule has 3 aliphatic heterocycles. The SMILES string of the molecule is C=CCN(C(=O)[C@H]1N(CCCCO)C(=O)[C@@H]2[C@@H](C(=O)OCC)[C@@H]3O[C@@]21CC3Br)c1ccccc1Cl. The van der Waals surface area contributed by atoms with Crippen LogP contribution in [0.5, 0.6) is 0 Å². The first-order valence-electron chi connectivity index (χ1n) is 11.9. The molecule has 0 saturated carbocycles. The summed E-state index contributed by atoms with van der Waals surface area (Å²) in [5.41, 5.74) is -0.670. The molecule has 4 rings (SSSR count). The molecular formula is C25H30BrClN2O6. The smallest absolute Gasteiger partial charge is 0.312 e. The van der Waals surface area contributed by atoms with Crippen LogP contribution in [-0.2, 0) is 23.9 Å². The van der Waals surface area contributed by atoms with Gasteiger partial charge in [-0.2, -0.15) is 0 Å². The van der Waals surface area contributed by atoms with E-state index in [1.807, 2.05) is 0 Å². The Morgan fingerprint density at radius 2 is 2.14 bits per heavy atom. The lowest BCUT2D eigenvalue weighted by Crippen LogP contribution is -2.57. The van der Waals surface area contributed by atoms with E-state index in [1.54, 1.807) is 37.3 Å². The van der Waals surface area contributed by atoms with Crippen LogP contribution in [0.3, 0.4) is 0 Å². The van der Waals surface area contributed by atoms with Crippen molar-refractivity contribution in [1.29, 1.82) is 0 Å². The van der Waals surface area contributed by atoms with E-state index in [-0.39, 0.29) is 42.9 Å². The number of hydrogen-bond acceptors (Lipinski definition) is 6. The number of ether oxygens (including phenoxy) is 2. The van der Waals surface area contributed by atoms with Crippen LogP contribution in [0.1, 0.15) is 26.2 Å². The van der Waals surface area contributed by atoms with Crippen LogP contribution in [0.15, 0.2) is 36.9 Å². The molecule has 0 radical (unpaired) electrons. The third-order valence-corrected chi connectivity index (χ3v) is 8.27. The summed E-state index contributed by atoms with van der Waals surface area (Å²) in [6, 6.07) is 6.04. The Kier molecular flexibility index (Phi) is 7.90. The van der Waals surface area contributed by atoms with Crippen molar-refractivity contribution in [2.45, 2.75) is 48.8 Å². The van der Waals surface area contributed by atoms with Gasteiger partial charge in [0.05, 0.1) is 35.3 Å². The number of carbonyl (C=O) groups is 3. The van der Waals surface area contributed by atoms with Crippen LogP contribution in [0, 0.1) is 11.8 Å². The highest BCUT2D eigenvalue weighted by molar-refractivity contribution is 9.09. The summed E-state index contributed by atoms with van der Waals surface area (Å²) in [7, 11) is 0. The number of amides is 2. The molecule has 1 aromatic rings. The minimum absolute atomic E-state index is 0.0229. The number of fused-ring (bicyclic) bond motifs is 1. The largest absolute Gasteiger partial charge is 0.466 e. The Hall–Kier alpha value is -1.94. The summed E-state index contributed by atoms with van der Waals surface area (Å²) in [6.07, 6.45) is 2.43. The van der Waals surface area contributed by atoms with Crippen molar-refractivity contribution in [3.8, 4) is 0 Å².